The van der Waals surface area contributed by atoms with E-state index in [1.54, 1.807) is 14.2 Å². The Morgan fingerprint density at radius 2 is 1.78 bits per heavy atom. The molecule has 5 nitrogen and oxygen atoms in total. The third-order valence-electron chi connectivity index (χ3n) is 5.31. The summed E-state index contributed by atoms with van der Waals surface area (Å²) >= 11 is 0. The van der Waals surface area contributed by atoms with Crippen LogP contribution < -0.4 is 9.64 Å². The molecule has 2 aromatic carbocycles. The first-order valence-electron chi connectivity index (χ1n) is 9.31. The third kappa shape index (κ3) is 4.08. The van der Waals surface area contributed by atoms with Crippen LogP contribution in [0.2, 0.25) is 0 Å². The molecule has 3 rings (SSSR count). The normalized spacial score (nSPS) is 14.4. The van der Waals surface area contributed by atoms with Crippen molar-refractivity contribution < 1.29 is 14.3 Å². The minimum Gasteiger partial charge on any atom is -0.496 e. The van der Waals surface area contributed by atoms with E-state index in [1.807, 2.05) is 23.1 Å². The molecule has 2 aromatic rings. The Bertz CT molecular complexity index is 811. The summed E-state index contributed by atoms with van der Waals surface area (Å²) < 4.78 is 10.6. The zero-order valence-corrected chi connectivity index (χ0v) is 16.6. The number of hydrogen-bond donors (Lipinski definition) is 0. The molecule has 1 heterocycles. The van der Waals surface area contributed by atoms with Gasteiger partial charge < -0.3 is 19.3 Å². The van der Waals surface area contributed by atoms with Gasteiger partial charge in [0.25, 0.3) is 5.91 Å². The van der Waals surface area contributed by atoms with E-state index in [0.29, 0.717) is 12.2 Å². The van der Waals surface area contributed by atoms with E-state index in [1.165, 1.54) is 16.8 Å². The van der Waals surface area contributed by atoms with Crippen molar-refractivity contribution in [2.24, 2.45) is 0 Å². The van der Waals surface area contributed by atoms with Crippen molar-refractivity contribution in [3.8, 4) is 5.75 Å². The van der Waals surface area contributed by atoms with Crippen molar-refractivity contribution in [2.75, 3.05) is 45.3 Å². The Balaban J connectivity index is 1.70. The molecule has 0 aliphatic carbocycles. The van der Waals surface area contributed by atoms with Gasteiger partial charge in [-0.3, -0.25) is 4.79 Å². The van der Waals surface area contributed by atoms with Gasteiger partial charge in [0.1, 0.15) is 5.75 Å². The van der Waals surface area contributed by atoms with Crippen LogP contribution in [0.1, 0.15) is 27.0 Å². The Kier molecular flexibility index (Phi) is 6.01. The predicted octanol–water partition coefficient (Wildman–Crippen LogP) is 3.42. The highest BCUT2D eigenvalue weighted by atomic mass is 16.5. The predicted molar refractivity (Wildman–Crippen MR) is 108 cm³/mol. The number of carbonyl (C=O) groups is 1. The van der Waals surface area contributed by atoms with Crippen LogP contribution >= 0.6 is 0 Å². The average Bonchev–Trinajstić information content (AvgIpc) is 2.70. The van der Waals surface area contributed by atoms with Crippen LogP contribution in [-0.2, 0) is 11.3 Å². The summed E-state index contributed by atoms with van der Waals surface area (Å²) in [5.74, 6) is 0.809. The Morgan fingerprint density at radius 3 is 2.44 bits per heavy atom. The lowest BCUT2D eigenvalue weighted by atomic mass is 10.1. The van der Waals surface area contributed by atoms with Crippen LogP contribution in [0.5, 0.6) is 5.75 Å². The standard InChI is InChI=1S/C22H28N2O3/c1-16-6-5-7-20(17(16)2)23-10-12-24(13-11-23)22(25)18-8-9-21(27-4)19(14-18)15-26-3/h5-9,14H,10-13,15H2,1-4H3. The van der Waals surface area contributed by atoms with Gasteiger partial charge in [-0.25, -0.2) is 0 Å². The molecule has 1 aliphatic rings. The summed E-state index contributed by atoms with van der Waals surface area (Å²) in [6, 6.07) is 12.0. The number of aryl methyl sites for hydroxylation is 1. The van der Waals surface area contributed by atoms with Crippen molar-refractivity contribution in [2.45, 2.75) is 20.5 Å². The summed E-state index contributed by atoms with van der Waals surface area (Å²) in [4.78, 5) is 17.2. The lowest BCUT2D eigenvalue weighted by molar-refractivity contribution is 0.0746. The van der Waals surface area contributed by atoms with E-state index in [4.69, 9.17) is 9.47 Å². The van der Waals surface area contributed by atoms with Crippen LogP contribution in [0.3, 0.4) is 0 Å². The number of carbonyl (C=O) groups excluding carboxylic acids is 1. The van der Waals surface area contributed by atoms with Gasteiger partial charge in [-0.05, 0) is 49.2 Å². The molecular weight excluding hydrogens is 340 g/mol. The third-order valence-corrected chi connectivity index (χ3v) is 5.31. The second-order valence-corrected chi connectivity index (χ2v) is 6.96. The number of piperazine rings is 1. The molecule has 1 saturated heterocycles. The molecule has 0 aromatic heterocycles. The van der Waals surface area contributed by atoms with E-state index in [0.717, 1.165) is 37.5 Å². The first-order valence-corrected chi connectivity index (χ1v) is 9.31. The maximum atomic E-state index is 12.9. The van der Waals surface area contributed by atoms with Gasteiger partial charge in [0.2, 0.25) is 0 Å². The number of hydrogen-bond acceptors (Lipinski definition) is 4. The fourth-order valence-electron chi connectivity index (χ4n) is 3.59. The van der Waals surface area contributed by atoms with E-state index in [2.05, 4.69) is 36.9 Å². The highest BCUT2D eigenvalue weighted by molar-refractivity contribution is 5.94. The largest absolute Gasteiger partial charge is 0.496 e. The smallest absolute Gasteiger partial charge is 0.253 e. The molecule has 0 radical (unpaired) electrons. The molecule has 0 bridgehead atoms. The molecule has 1 aliphatic heterocycles. The maximum absolute atomic E-state index is 12.9. The topological polar surface area (TPSA) is 42.0 Å². The van der Waals surface area contributed by atoms with E-state index >= 15 is 0 Å². The molecular formula is C22H28N2O3. The summed E-state index contributed by atoms with van der Waals surface area (Å²) in [6.07, 6.45) is 0. The van der Waals surface area contributed by atoms with Crippen molar-refractivity contribution in [1.82, 2.24) is 4.90 Å². The Hall–Kier alpha value is -2.53. The zero-order valence-electron chi connectivity index (χ0n) is 16.6. The lowest BCUT2D eigenvalue weighted by Gasteiger charge is -2.37. The molecule has 1 amide bonds. The second-order valence-electron chi connectivity index (χ2n) is 6.96. The molecule has 144 valence electrons. The highest BCUT2D eigenvalue weighted by Crippen LogP contribution is 2.25. The highest BCUT2D eigenvalue weighted by Gasteiger charge is 2.23. The summed E-state index contributed by atoms with van der Waals surface area (Å²) in [5, 5.41) is 0. The van der Waals surface area contributed by atoms with Crippen molar-refractivity contribution in [1.29, 1.82) is 0 Å². The number of benzene rings is 2. The molecule has 0 N–H and O–H groups in total. The van der Waals surface area contributed by atoms with E-state index < -0.39 is 0 Å². The van der Waals surface area contributed by atoms with Gasteiger partial charge in [-0.15, -0.1) is 0 Å². The van der Waals surface area contributed by atoms with Crippen molar-refractivity contribution >= 4 is 11.6 Å². The molecule has 0 atom stereocenters. The fourth-order valence-corrected chi connectivity index (χ4v) is 3.59. The monoisotopic (exact) mass is 368 g/mol. The van der Waals surface area contributed by atoms with E-state index in [-0.39, 0.29) is 5.91 Å². The number of anilines is 1. The van der Waals surface area contributed by atoms with Crippen molar-refractivity contribution in [3.05, 3.63) is 58.7 Å². The van der Waals surface area contributed by atoms with Crippen LogP contribution in [-0.4, -0.2) is 51.2 Å². The molecule has 1 fully saturated rings. The summed E-state index contributed by atoms with van der Waals surface area (Å²) in [6.45, 7) is 7.85. The fraction of sp³-hybridized carbons (Fsp3) is 0.409. The quantitative estimate of drug-likeness (QED) is 0.811. The second kappa shape index (κ2) is 8.44. The number of amides is 1. The lowest BCUT2D eigenvalue weighted by Crippen LogP contribution is -2.49. The van der Waals surface area contributed by atoms with Gasteiger partial charge in [-0.2, -0.15) is 0 Å². The van der Waals surface area contributed by atoms with E-state index in [9.17, 15) is 4.79 Å². The zero-order chi connectivity index (χ0) is 19.4. The number of rotatable bonds is 5. The minimum atomic E-state index is 0.0654. The minimum absolute atomic E-state index is 0.0654. The Labute approximate surface area is 161 Å². The molecule has 0 unspecified atom stereocenters. The average molecular weight is 368 g/mol. The number of ether oxygens (including phenoxy) is 2. The first-order chi connectivity index (χ1) is 13.0. The van der Waals surface area contributed by atoms with Gasteiger partial charge in [0.15, 0.2) is 0 Å². The SMILES string of the molecule is COCc1cc(C(=O)N2CCN(c3cccc(C)c3C)CC2)ccc1OC. The van der Waals surface area contributed by atoms with Crippen molar-refractivity contribution in [3.63, 3.8) is 0 Å². The van der Waals surface area contributed by atoms with Gasteiger partial charge in [0.05, 0.1) is 13.7 Å². The summed E-state index contributed by atoms with van der Waals surface area (Å²) in [7, 11) is 3.27. The number of nitrogens with zero attached hydrogens (tertiary/aromatic N) is 2. The molecule has 27 heavy (non-hydrogen) atoms. The molecule has 0 spiro atoms. The van der Waals surface area contributed by atoms with Crippen LogP contribution in [0.15, 0.2) is 36.4 Å². The van der Waals surface area contributed by atoms with Gasteiger partial charge in [0, 0.05) is 50.1 Å². The number of methoxy groups -OCH3 is 2. The first kappa shape index (κ1) is 19.2. The molecule has 5 heteroatoms. The van der Waals surface area contributed by atoms with Gasteiger partial charge >= 0.3 is 0 Å². The molecule has 0 saturated carbocycles. The van der Waals surface area contributed by atoms with Crippen LogP contribution in [0.4, 0.5) is 5.69 Å². The summed E-state index contributed by atoms with van der Waals surface area (Å²) in [5.41, 5.74) is 5.46. The van der Waals surface area contributed by atoms with Gasteiger partial charge in [-0.1, -0.05) is 12.1 Å². The maximum Gasteiger partial charge on any atom is 0.253 e. The van der Waals surface area contributed by atoms with Crippen LogP contribution in [0.25, 0.3) is 0 Å². The van der Waals surface area contributed by atoms with Crippen LogP contribution in [0, 0.1) is 13.8 Å². The Morgan fingerprint density at radius 1 is 1.04 bits per heavy atom.